The van der Waals surface area contributed by atoms with Gasteiger partial charge in [-0.25, -0.2) is 28.1 Å². The molecule has 0 radical (unpaired) electrons. The van der Waals surface area contributed by atoms with E-state index in [1.807, 2.05) is 6.92 Å². The summed E-state index contributed by atoms with van der Waals surface area (Å²) in [7, 11) is -2.42. The van der Waals surface area contributed by atoms with Crippen molar-refractivity contribution in [3.05, 3.63) is 36.3 Å². The van der Waals surface area contributed by atoms with Crippen LogP contribution in [0.25, 0.3) is 17.0 Å². The smallest absolute Gasteiger partial charge is 0.312 e. The molecule has 0 aliphatic heterocycles. The van der Waals surface area contributed by atoms with Gasteiger partial charge in [-0.1, -0.05) is 6.07 Å². The van der Waals surface area contributed by atoms with E-state index in [-0.39, 0.29) is 16.8 Å². The lowest BCUT2D eigenvalue weighted by Gasteiger charge is -2.68. The van der Waals surface area contributed by atoms with Crippen LogP contribution in [0.5, 0.6) is 0 Å². The molecular formula is C19H20N6O4S. The van der Waals surface area contributed by atoms with Gasteiger partial charge >= 0.3 is 5.97 Å². The number of methoxy groups -OCH3 is 1. The second-order valence-corrected chi connectivity index (χ2v) is 9.88. The van der Waals surface area contributed by atoms with Crippen molar-refractivity contribution in [2.24, 2.45) is 5.41 Å². The van der Waals surface area contributed by atoms with Gasteiger partial charge in [0, 0.05) is 17.3 Å². The second kappa shape index (κ2) is 5.99. The fraction of sp³-hybridized carbons (Fsp3) is 0.368. The molecule has 10 nitrogen and oxygen atoms in total. The summed E-state index contributed by atoms with van der Waals surface area (Å²) >= 11 is 0. The minimum atomic E-state index is -3.77. The number of benzene rings is 1. The van der Waals surface area contributed by atoms with Gasteiger partial charge in [-0.3, -0.25) is 9.20 Å². The highest BCUT2D eigenvalue weighted by Crippen LogP contribution is 2.68. The molecule has 2 heterocycles. The van der Waals surface area contributed by atoms with Gasteiger partial charge in [0.05, 0.1) is 23.1 Å². The molecule has 2 aromatic heterocycles. The Morgan fingerprint density at radius 2 is 2.00 bits per heavy atom. The number of aryl methyl sites for hydroxylation is 1. The number of nitrogens with one attached hydrogen (secondary N) is 1. The largest absolute Gasteiger partial charge is 0.469 e. The number of sulfonamides is 1. The number of aromatic nitrogens is 4. The number of carbonyl (C=O) groups excluding carboxylic acids is 1. The molecule has 156 valence electrons. The molecule has 30 heavy (non-hydrogen) atoms. The number of imidazole rings is 1. The molecule has 1 aromatic carbocycles. The lowest BCUT2D eigenvalue weighted by Crippen LogP contribution is -2.77. The summed E-state index contributed by atoms with van der Waals surface area (Å²) < 4.78 is 35.2. The first-order valence-electron chi connectivity index (χ1n) is 9.36. The number of esters is 1. The first kappa shape index (κ1) is 18.9. The van der Waals surface area contributed by atoms with E-state index < -0.39 is 21.0 Å². The quantitative estimate of drug-likeness (QED) is 0.575. The summed E-state index contributed by atoms with van der Waals surface area (Å²) in [5.74, 6) is 0.352. The molecule has 3 aliphatic carbocycles. The van der Waals surface area contributed by atoms with E-state index in [1.165, 1.54) is 13.4 Å². The van der Waals surface area contributed by atoms with Crippen molar-refractivity contribution in [3.8, 4) is 11.3 Å². The predicted molar refractivity (Wildman–Crippen MR) is 107 cm³/mol. The Labute approximate surface area is 172 Å². The van der Waals surface area contributed by atoms with Crippen molar-refractivity contribution in [1.29, 1.82) is 0 Å². The molecule has 11 heteroatoms. The molecule has 3 aliphatic rings. The lowest BCUT2D eigenvalue weighted by molar-refractivity contribution is -0.197. The Morgan fingerprint density at radius 1 is 1.27 bits per heavy atom. The van der Waals surface area contributed by atoms with Crippen molar-refractivity contribution in [2.75, 3.05) is 12.8 Å². The van der Waals surface area contributed by atoms with Crippen molar-refractivity contribution < 1.29 is 17.9 Å². The number of ether oxygens (including phenoxy) is 1. The van der Waals surface area contributed by atoms with E-state index >= 15 is 0 Å². The highest BCUT2D eigenvalue weighted by atomic mass is 32.2. The molecule has 0 atom stereocenters. The van der Waals surface area contributed by atoms with Crippen LogP contribution >= 0.6 is 0 Å². The molecule has 0 amide bonds. The normalized spacial score (nSPS) is 24.9. The molecule has 0 unspecified atom stereocenters. The summed E-state index contributed by atoms with van der Waals surface area (Å²) in [4.78, 5) is 24.4. The number of hydrogen-bond acceptors (Lipinski definition) is 8. The zero-order valence-electron chi connectivity index (χ0n) is 16.4. The van der Waals surface area contributed by atoms with E-state index in [1.54, 1.807) is 28.8 Å². The van der Waals surface area contributed by atoms with Crippen LogP contribution in [0, 0.1) is 12.3 Å². The second-order valence-electron chi connectivity index (χ2n) is 8.19. The topological polar surface area (TPSA) is 142 Å². The Balaban J connectivity index is 1.45. The van der Waals surface area contributed by atoms with Crippen LogP contribution in [0.3, 0.4) is 0 Å². The molecule has 3 aromatic rings. The third kappa shape index (κ3) is 2.62. The van der Waals surface area contributed by atoms with E-state index in [2.05, 4.69) is 19.7 Å². The molecule has 6 rings (SSSR count). The Hall–Kier alpha value is -3.05. The van der Waals surface area contributed by atoms with Crippen LogP contribution in [-0.4, -0.2) is 46.4 Å². The fourth-order valence-electron chi connectivity index (χ4n) is 4.68. The number of nitrogens with two attached hydrogens (primary N) is 1. The van der Waals surface area contributed by atoms with E-state index in [0.717, 1.165) is 5.56 Å². The number of rotatable bonds is 5. The highest BCUT2D eigenvalue weighted by Gasteiger charge is 2.73. The Bertz CT molecular complexity index is 1300. The van der Waals surface area contributed by atoms with Gasteiger partial charge in [-0.2, -0.15) is 0 Å². The maximum absolute atomic E-state index is 13.0. The van der Waals surface area contributed by atoms with Crippen LogP contribution in [-0.2, 0) is 19.6 Å². The molecular weight excluding hydrogens is 408 g/mol. The summed E-state index contributed by atoms with van der Waals surface area (Å²) in [5, 5.41) is 0. The van der Waals surface area contributed by atoms with Crippen molar-refractivity contribution in [2.45, 2.75) is 36.6 Å². The average Bonchev–Trinajstić information content (AvgIpc) is 3.08. The molecule has 2 bridgehead atoms. The first-order chi connectivity index (χ1) is 14.2. The third-order valence-corrected chi connectivity index (χ3v) is 7.67. The van der Waals surface area contributed by atoms with Gasteiger partial charge in [-0.05, 0) is 43.9 Å². The average molecular weight is 428 g/mol. The van der Waals surface area contributed by atoms with Gasteiger partial charge in [0.2, 0.25) is 21.7 Å². The number of carbonyl (C=O) groups is 1. The van der Waals surface area contributed by atoms with Crippen molar-refractivity contribution in [3.63, 3.8) is 0 Å². The zero-order chi connectivity index (χ0) is 21.3. The Morgan fingerprint density at radius 3 is 2.67 bits per heavy atom. The van der Waals surface area contributed by atoms with Crippen LogP contribution < -0.4 is 10.5 Å². The first-order valence-corrected chi connectivity index (χ1v) is 10.8. The maximum Gasteiger partial charge on any atom is 0.312 e. The summed E-state index contributed by atoms with van der Waals surface area (Å²) in [6.45, 7) is 1.87. The standard InChI is InChI=1S/C19H20N6O4S/c1-11-3-4-12(5-13(11)14-6-25-16(20)21-10-22-17(25)23-14)30(27,28)24-19-7-18(8-19,9-19)15(26)29-2/h3-6,10,24H,7-9H2,1-2H3,(H2,20,21,22,23). The minimum Gasteiger partial charge on any atom is -0.469 e. The monoisotopic (exact) mass is 428 g/mol. The van der Waals surface area contributed by atoms with Crippen LogP contribution in [0.15, 0.2) is 35.6 Å². The molecule has 3 fully saturated rings. The molecule has 0 saturated heterocycles. The SMILES string of the molecule is COC(=O)C12CC(NS(=O)(=O)c3ccc(C)c(-c4cn5c(N)ncnc5n4)c3)(C1)C2. The number of hydrogen-bond donors (Lipinski definition) is 2. The fourth-order valence-corrected chi connectivity index (χ4v) is 6.10. The van der Waals surface area contributed by atoms with Gasteiger partial charge in [0.25, 0.3) is 0 Å². The highest BCUT2D eigenvalue weighted by molar-refractivity contribution is 7.89. The number of nitrogen functional groups attached to an aromatic ring is 1. The van der Waals surface area contributed by atoms with Gasteiger partial charge in [0.15, 0.2) is 0 Å². The van der Waals surface area contributed by atoms with E-state index in [0.29, 0.717) is 36.3 Å². The molecule has 3 saturated carbocycles. The van der Waals surface area contributed by atoms with Crippen LogP contribution in [0.1, 0.15) is 24.8 Å². The number of nitrogens with zero attached hydrogens (tertiary/aromatic N) is 4. The van der Waals surface area contributed by atoms with Crippen molar-refractivity contribution in [1.82, 2.24) is 24.1 Å². The van der Waals surface area contributed by atoms with E-state index in [9.17, 15) is 13.2 Å². The summed E-state index contributed by atoms with van der Waals surface area (Å²) in [5.41, 5.74) is 6.84. The van der Waals surface area contributed by atoms with Crippen LogP contribution in [0.2, 0.25) is 0 Å². The number of anilines is 1. The van der Waals surface area contributed by atoms with Crippen molar-refractivity contribution >= 4 is 27.7 Å². The van der Waals surface area contributed by atoms with Gasteiger partial charge in [-0.15, -0.1) is 0 Å². The lowest BCUT2D eigenvalue weighted by atomic mass is 9.40. The van der Waals surface area contributed by atoms with Gasteiger partial charge < -0.3 is 10.5 Å². The maximum atomic E-state index is 13.0. The minimum absolute atomic E-state index is 0.135. The summed E-state index contributed by atoms with van der Waals surface area (Å²) in [6, 6.07) is 4.89. The third-order valence-electron chi connectivity index (χ3n) is 6.09. The zero-order valence-corrected chi connectivity index (χ0v) is 17.2. The van der Waals surface area contributed by atoms with E-state index in [4.69, 9.17) is 10.5 Å². The van der Waals surface area contributed by atoms with Crippen LogP contribution in [0.4, 0.5) is 5.95 Å². The van der Waals surface area contributed by atoms with Gasteiger partial charge in [0.1, 0.15) is 6.33 Å². The molecule has 3 N–H and O–H groups in total. The predicted octanol–water partition coefficient (Wildman–Crippen LogP) is 1.06. The number of fused-ring (bicyclic) bond motifs is 1. The Kier molecular flexibility index (Phi) is 3.78. The molecule has 0 spiro atoms. The summed E-state index contributed by atoms with van der Waals surface area (Å²) in [6.07, 6.45) is 4.40.